The molecule has 2 bridgehead atoms. The first-order chi connectivity index (χ1) is 14.8. The van der Waals surface area contributed by atoms with Gasteiger partial charge in [0.1, 0.15) is 5.52 Å². The predicted molar refractivity (Wildman–Crippen MR) is 121 cm³/mol. The normalized spacial score (nSPS) is 24.5. The first kappa shape index (κ1) is 18.5. The molecule has 7 heteroatoms. The molecule has 4 aromatic rings. The predicted octanol–water partition coefficient (Wildman–Crippen LogP) is 3.85. The number of imidazole rings is 1. The molecule has 0 saturated carbocycles. The average Bonchev–Trinajstić information content (AvgIpc) is 3.35. The van der Waals surface area contributed by atoms with Gasteiger partial charge in [-0.3, -0.25) is 4.79 Å². The van der Waals surface area contributed by atoms with E-state index in [0.29, 0.717) is 5.56 Å². The van der Waals surface area contributed by atoms with Crippen LogP contribution >= 0.6 is 0 Å². The van der Waals surface area contributed by atoms with E-state index in [1.807, 2.05) is 29.9 Å². The third-order valence-corrected chi connectivity index (χ3v) is 8.26. The van der Waals surface area contributed by atoms with E-state index in [1.165, 1.54) is 11.1 Å². The van der Waals surface area contributed by atoms with E-state index in [1.54, 1.807) is 6.33 Å². The van der Waals surface area contributed by atoms with Crippen LogP contribution in [0.5, 0.6) is 0 Å². The molecule has 7 nitrogen and oxygen atoms in total. The van der Waals surface area contributed by atoms with Crippen molar-refractivity contribution in [3.8, 4) is 0 Å². The van der Waals surface area contributed by atoms with Crippen molar-refractivity contribution in [3.05, 3.63) is 53.3 Å². The van der Waals surface area contributed by atoms with Gasteiger partial charge in [-0.05, 0) is 59.7 Å². The molecule has 2 atom stereocenters. The molecule has 160 valence electrons. The number of hydrogen-bond acceptors (Lipinski definition) is 4. The number of fused-ring (bicyclic) bond motifs is 6. The lowest BCUT2D eigenvalue weighted by Gasteiger charge is -2.60. The lowest BCUT2D eigenvalue weighted by Crippen LogP contribution is -2.64. The number of benzene rings is 2. The molecular weight excluding hydrogens is 388 g/mol. The Morgan fingerprint density at radius 1 is 1.19 bits per heavy atom. The van der Waals surface area contributed by atoms with Crippen molar-refractivity contribution in [2.45, 2.75) is 45.1 Å². The number of aromatic nitrogens is 5. The molecule has 1 aliphatic carbocycles. The molecule has 1 fully saturated rings. The highest BCUT2D eigenvalue weighted by atomic mass is 16.2. The topological polar surface area (TPSA) is 79.7 Å². The SMILES string of the molecule is Cn1nnc2cc3c(cc21)C[C@H]1N(C(=O)c2ccc4nc[nH]c4c2)CC[C@]3(C)C1(C)C.[HH]. The van der Waals surface area contributed by atoms with E-state index in [9.17, 15) is 4.79 Å². The summed E-state index contributed by atoms with van der Waals surface area (Å²) >= 11 is 0. The van der Waals surface area contributed by atoms with Crippen LogP contribution in [0.25, 0.3) is 22.1 Å². The van der Waals surface area contributed by atoms with Crippen LogP contribution in [-0.2, 0) is 18.9 Å². The number of hydrogen-bond donors (Lipinski definition) is 1. The van der Waals surface area contributed by atoms with E-state index in [0.717, 1.165) is 41.5 Å². The Morgan fingerprint density at radius 3 is 2.87 bits per heavy atom. The largest absolute Gasteiger partial charge is 0.345 e. The zero-order valence-electron chi connectivity index (χ0n) is 18.3. The Kier molecular flexibility index (Phi) is 3.55. The number of likely N-dealkylation sites (tertiary alicyclic amines) is 1. The van der Waals surface area contributed by atoms with E-state index < -0.39 is 0 Å². The maximum absolute atomic E-state index is 13.7. The summed E-state index contributed by atoms with van der Waals surface area (Å²) in [7, 11) is 1.93. The van der Waals surface area contributed by atoms with Gasteiger partial charge in [-0.2, -0.15) is 0 Å². The van der Waals surface area contributed by atoms with Gasteiger partial charge in [0.15, 0.2) is 0 Å². The minimum Gasteiger partial charge on any atom is -0.345 e. The number of carbonyl (C=O) groups excluding carboxylic acids is 1. The molecule has 31 heavy (non-hydrogen) atoms. The number of aromatic amines is 1. The van der Waals surface area contributed by atoms with Gasteiger partial charge in [0.05, 0.1) is 22.9 Å². The van der Waals surface area contributed by atoms with E-state index in [2.05, 4.69) is 58.1 Å². The molecule has 1 saturated heterocycles. The Bertz CT molecular complexity index is 1370. The molecule has 2 aromatic heterocycles. The average molecular weight is 417 g/mol. The van der Waals surface area contributed by atoms with Crippen LogP contribution in [0.15, 0.2) is 36.7 Å². The van der Waals surface area contributed by atoms with Crippen LogP contribution in [0.4, 0.5) is 0 Å². The molecule has 6 rings (SSSR count). The van der Waals surface area contributed by atoms with Crippen LogP contribution in [0.2, 0.25) is 0 Å². The second-order valence-electron chi connectivity index (χ2n) is 9.87. The summed E-state index contributed by atoms with van der Waals surface area (Å²) in [5.41, 5.74) is 7.07. The number of rotatable bonds is 1. The molecule has 0 radical (unpaired) electrons. The summed E-state index contributed by atoms with van der Waals surface area (Å²) in [4.78, 5) is 23.2. The number of amides is 1. The first-order valence-electron chi connectivity index (χ1n) is 10.9. The standard InChI is InChI=1S/C24H26N6O.H2/c1-23(2)21-11-15-10-20-19(27-28-29(20)4)12-16(15)24(23,3)7-8-30(21)22(31)14-5-6-17-18(9-14)26-13-25-17;/h5-6,9-10,12-13,21H,7-8,11H2,1-4H3,(H,25,26);1H/t21-,24+;/m1./s1. The quantitative estimate of drug-likeness (QED) is 0.511. The zero-order chi connectivity index (χ0) is 21.5. The van der Waals surface area contributed by atoms with Crippen molar-refractivity contribution < 1.29 is 6.22 Å². The van der Waals surface area contributed by atoms with Gasteiger partial charge in [-0.15, -0.1) is 5.10 Å². The van der Waals surface area contributed by atoms with Crippen molar-refractivity contribution in [1.82, 2.24) is 29.9 Å². The van der Waals surface area contributed by atoms with E-state index >= 15 is 0 Å². The van der Waals surface area contributed by atoms with Crippen LogP contribution < -0.4 is 0 Å². The number of H-pyrrole nitrogens is 1. The molecule has 1 aliphatic heterocycles. The van der Waals surface area contributed by atoms with Gasteiger partial charge in [0.2, 0.25) is 0 Å². The monoisotopic (exact) mass is 416 g/mol. The third-order valence-electron chi connectivity index (χ3n) is 8.26. The Balaban J connectivity index is 0.00000216. The summed E-state index contributed by atoms with van der Waals surface area (Å²) in [5, 5.41) is 8.56. The molecule has 1 amide bonds. The van der Waals surface area contributed by atoms with Gasteiger partial charge in [0, 0.05) is 32.0 Å². The smallest absolute Gasteiger partial charge is 0.254 e. The Hall–Kier alpha value is -3.22. The molecule has 0 spiro atoms. The van der Waals surface area contributed by atoms with Crippen LogP contribution in [0, 0.1) is 5.41 Å². The second kappa shape index (κ2) is 5.93. The van der Waals surface area contributed by atoms with Crippen LogP contribution in [-0.4, -0.2) is 48.4 Å². The Labute approximate surface area is 181 Å². The van der Waals surface area contributed by atoms with Gasteiger partial charge in [-0.25, -0.2) is 9.67 Å². The van der Waals surface area contributed by atoms with Crippen molar-refractivity contribution in [2.24, 2.45) is 12.5 Å². The Morgan fingerprint density at radius 2 is 2.03 bits per heavy atom. The van der Waals surface area contributed by atoms with E-state index in [-0.39, 0.29) is 24.2 Å². The number of piperidine rings is 1. The molecule has 0 unspecified atom stereocenters. The third kappa shape index (κ3) is 2.34. The zero-order valence-corrected chi connectivity index (χ0v) is 18.3. The fraction of sp³-hybridized carbons (Fsp3) is 0.417. The summed E-state index contributed by atoms with van der Waals surface area (Å²) in [6.45, 7) is 7.75. The number of carbonyl (C=O) groups is 1. The van der Waals surface area contributed by atoms with Crippen molar-refractivity contribution in [2.75, 3.05) is 6.54 Å². The minimum atomic E-state index is -0.0676. The summed E-state index contributed by atoms with van der Waals surface area (Å²) in [6, 6.07) is 10.3. The lowest BCUT2D eigenvalue weighted by atomic mass is 9.51. The highest BCUT2D eigenvalue weighted by Crippen LogP contribution is 2.56. The maximum atomic E-state index is 13.7. The van der Waals surface area contributed by atoms with Crippen molar-refractivity contribution in [3.63, 3.8) is 0 Å². The molecule has 2 aliphatic rings. The summed E-state index contributed by atoms with van der Waals surface area (Å²) in [6.07, 6.45) is 3.44. The van der Waals surface area contributed by atoms with E-state index in [4.69, 9.17) is 0 Å². The molecule has 3 heterocycles. The molecule has 1 N–H and O–H groups in total. The highest BCUT2D eigenvalue weighted by molar-refractivity contribution is 5.97. The first-order valence-corrected chi connectivity index (χ1v) is 10.9. The highest BCUT2D eigenvalue weighted by Gasteiger charge is 2.57. The maximum Gasteiger partial charge on any atom is 0.254 e. The van der Waals surface area contributed by atoms with Gasteiger partial charge < -0.3 is 9.88 Å². The van der Waals surface area contributed by atoms with Crippen LogP contribution in [0.3, 0.4) is 0 Å². The van der Waals surface area contributed by atoms with Gasteiger partial charge in [-0.1, -0.05) is 26.0 Å². The second-order valence-corrected chi connectivity index (χ2v) is 9.87. The molecule has 2 aromatic carbocycles. The number of nitrogens with one attached hydrogen (secondary N) is 1. The van der Waals surface area contributed by atoms with Crippen molar-refractivity contribution in [1.29, 1.82) is 0 Å². The van der Waals surface area contributed by atoms with Crippen LogP contribution in [0.1, 0.15) is 50.1 Å². The van der Waals surface area contributed by atoms with Crippen molar-refractivity contribution >= 4 is 28.0 Å². The molecular formula is C24H28N6O. The van der Waals surface area contributed by atoms with Gasteiger partial charge in [0.25, 0.3) is 5.91 Å². The summed E-state index contributed by atoms with van der Waals surface area (Å²) < 4.78 is 1.83. The number of nitrogens with zero attached hydrogens (tertiary/aromatic N) is 5. The minimum absolute atomic E-state index is 0. The fourth-order valence-corrected chi connectivity index (χ4v) is 5.92. The fourth-order valence-electron chi connectivity index (χ4n) is 5.92. The summed E-state index contributed by atoms with van der Waals surface area (Å²) in [5.74, 6) is 0.100. The number of aryl methyl sites for hydroxylation is 1. The van der Waals surface area contributed by atoms with Gasteiger partial charge >= 0.3 is 0 Å². The lowest BCUT2D eigenvalue weighted by molar-refractivity contribution is -0.0261.